The van der Waals surface area contributed by atoms with Crippen molar-refractivity contribution in [1.29, 1.82) is 0 Å². The van der Waals surface area contributed by atoms with Gasteiger partial charge in [-0.25, -0.2) is 12.8 Å². The summed E-state index contributed by atoms with van der Waals surface area (Å²) in [6.45, 7) is 1.82. The van der Waals surface area contributed by atoms with E-state index >= 15 is 0 Å². The van der Waals surface area contributed by atoms with Gasteiger partial charge in [-0.3, -0.25) is 4.72 Å². The van der Waals surface area contributed by atoms with Crippen molar-refractivity contribution in [3.8, 4) is 11.5 Å². The Kier molecular flexibility index (Phi) is 5.16. The first kappa shape index (κ1) is 17.6. The number of aryl methyl sites for hydroxylation is 1. The van der Waals surface area contributed by atoms with Crippen molar-refractivity contribution < 1.29 is 22.3 Å². The van der Waals surface area contributed by atoms with E-state index in [0.29, 0.717) is 5.69 Å². The summed E-state index contributed by atoms with van der Waals surface area (Å²) < 4.78 is 52.1. The van der Waals surface area contributed by atoms with E-state index in [1.807, 2.05) is 6.92 Å². The maximum Gasteiger partial charge on any atom is 0.264 e. The normalized spacial score (nSPS) is 11.2. The summed E-state index contributed by atoms with van der Waals surface area (Å²) in [6, 6.07) is 6.98. The van der Waals surface area contributed by atoms with Gasteiger partial charge in [0.25, 0.3) is 10.0 Å². The monoisotopic (exact) mass is 403 g/mol. The van der Waals surface area contributed by atoms with Gasteiger partial charge in [0.2, 0.25) is 0 Å². The van der Waals surface area contributed by atoms with Crippen LogP contribution in [0.15, 0.2) is 39.7 Å². The summed E-state index contributed by atoms with van der Waals surface area (Å²) in [5.41, 5.74) is 1.18. The van der Waals surface area contributed by atoms with Crippen LogP contribution in [0.5, 0.6) is 11.5 Å². The number of nitrogens with one attached hydrogen (secondary N) is 1. The third-order valence-electron chi connectivity index (χ3n) is 3.14. The SMILES string of the molecule is COc1cc(F)c(S(=O)(=O)Nc2ccc(Br)c(C)c2)cc1OC. The summed E-state index contributed by atoms with van der Waals surface area (Å²) in [5, 5.41) is 0. The number of ether oxygens (including phenoxy) is 2. The van der Waals surface area contributed by atoms with E-state index in [0.717, 1.165) is 22.2 Å². The fourth-order valence-electron chi connectivity index (χ4n) is 1.96. The molecule has 23 heavy (non-hydrogen) atoms. The van der Waals surface area contributed by atoms with E-state index in [1.54, 1.807) is 18.2 Å². The molecule has 2 aromatic carbocycles. The highest BCUT2D eigenvalue weighted by Gasteiger charge is 2.23. The Balaban J connectivity index is 2.45. The van der Waals surface area contributed by atoms with Crippen LogP contribution in [0.1, 0.15) is 5.56 Å². The zero-order chi connectivity index (χ0) is 17.2. The number of sulfonamides is 1. The van der Waals surface area contributed by atoms with Gasteiger partial charge in [0, 0.05) is 22.3 Å². The van der Waals surface area contributed by atoms with Crippen LogP contribution in [0.25, 0.3) is 0 Å². The lowest BCUT2D eigenvalue weighted by Crippen LogP contribution is -2.15. The van der Waals surface area contributed by atoms with Crippen molar-refractivity contribution in [3.05, 3.63) is 46.2 Å². The smallest absolute Gasteiger partial charge is 0.264 e. The number of anilines is 1. The van der Waals surface area contributed by atoms with Crippen LogP contribution in [0.2, 0.25) is 0 Å². The lowest BCUT2D eigenvalue weighted by atomic mass is 10.2. The molecule has 0 aliphatic rings. The molecular weight excluding hydrogens is 389 g/mol. The maximum atomic E-state index is 14.1. The average Bonchev–Trinajstić information content (AvgIpc) is 2.50. The van der Waals surface area contributed by atoms with Gasteiger partial charge in [-0.15, -0.1) is 0 Å². The molecule has 124 valence electrons. The zero-order valence-corrected chi connectivity index (χ0v) is 15.1. The molecule has 0 unspecified atom stereocenters. The van der Waals surface area contributed by atoms with Crippen LogP contribution in [0.4, 0.5) is 10.1 Å². The minimum atomic E-state index is -4.11. The molecule has 0 heterocycles. The molecular formula is C15H15BrFNO4S. The van der Waals surface area contributed by atoms with Gasteiger partial charge in [-0.1, -0.05) is 15.9 Å². The third kappa shape index (κ3) is 3.76. The standard InChI is InChI=1S/C15H15BrFNO4S/c1-9-6-10(4-5-11(9)16)18-23(19,20)15-8-14(22-3)13(21-2)7-12(15)17/h4-8,18H,1-3H3. The zero-order valence-electron chi connectivity index (χ0n) is 12.7. The van der Waals surface area contributed by atoms with Crippen molar-refractivity contribution in [1.82, 2.24) is 0 Å². The predicted molar refractivity (Wildman–Crippen MR) is 89.2 cm³/mol. The molecule has 2 rings (SSSR count). The first-order valence-corrected chi connectivity index (χ1v) is 8.76. The second-order valence-corrected chi connectivity index (χ2v) is 7.21. The van der Waals surface area contributed by atoms with Crippen molar-refractivity contribution in [3.63, 3.8) is 0 Å². The minimum Gasteiger partial charge on any atom is -0.493 e. The van der Waals surface area contributed by atoms with Crippen molar-refractivity contribution in [2.24, 2.45) is 0 Å². The summed E-state index contributed by atoms with van der Waals surface area (Å²) in [7, 11) is -1.42. The van der Waals surface area contributed by atoms with Crippen LogP contribution < -0.4 is 14.2 Å². The van der Waals surface area contributed by atoms with E-state index in [1.165, 1.54) is 14.2 Å². The Bertz CT molecular complexity index is 840. The van der Waals surface area contributed by atoms with Gasteiger partial charge < -0.3 is 9.47 Å². The van der Waals surface area contributed by atoms with Gasteiger partial charge >= 0.3 is 0 Å². The molecule has 0 aromatic heterocycles. The summed E-state index contributed by atoms with van der Waals surface area (Å²) in [6.07, 6.45) is 0. The Morgan fingerprint density at radius 3 is 2.26 bits per heavy atom. The first-order valence-electron chi connectivity index (χ1n) is 6.49. The molecule has 0 saturated carbocycles. The highest BCUT2D eigenvalue weighted by molar-refractivity contribution is 9.10. The number of methoxy groups -OCH3 is 2. The molecule has 0 amide bonds. The molecule has 0 aliphatic carbocycles. The molecule has 0 spiro atoms. The summed E-state index contributed by atoms with van der Waals surface area (Å²) in [4.78, 5) is -0.518. The summed E-state index contributed by atoms with van der Waals surface area (Å²) >= 11 is 3.33. The number of rotatable bonds is 5. The Hall–Kier alpha value is -1.80. The van der Waals surface area contributed by atoms with Gasteiger partial charge in [-0.2, -0.15) is 0 Å². The molecule has 8 heteroatoms. The number of halogens is 2. The lowest BCUT2D eigenvalue weighted by Gasteiger charge is -2.13. The van der Waals surface area contributed by atoms with Gasteiger partial charge in [0.05, 0.1) is 14.2 Å². The third-order valence-corrected chi connectivity index (χ3v) is 5.42. The van der Waals surface area contributed by atoms with E-state index < -0.39 is 20.7 Å². The van der Waals surface area contributed by atoms with Gasteiger partial charge in [0.15, 0.2) is 11.5 Å². The van der Waals surface area contributed by atoms with Gasteiger partial charge in [0.1, 0.15) is 10.7 Å². The molecule has 0 bridgehead atoms. The minimum absolute atomic E-state index is 0.114. The molecule has 5 nitrogen and oxygen atoms in total. The average molecular weight is 404 g/mol. The van der Waals surface area contributed by atoms with Crippen LogP contribution in [-0.4, -0.2) is 22.6 Å². The van der Waals surface area contributed by atoms with E-state index in [9.17, 15) is 12.8 Å². The van der Waals surface area contributed by atoms with Crippen LogP contribution in [-0.2, 0) is 10.0 Å². The Morgan fingerprint density at radius 2 is 1.70 bits per heavy atom. The second-order valence-electron chi connectivity index (χ2n) is 4.71. The summed E-state index contributed by atoms with van der Waals surface area (Å²) in [5.74, 6) is -0.686. The van der Waals surface area contributed by atoms with Crippen molar-refractivity contribution >= 4 is 31.6 Å². The fraction of sp³-hybridized carbons (Fsp3) is 0.200. The molecule has 2 aromatic rings. The van der Waals surface area contributed by atoms with Crippen molar-refractivity contribution in [2.45, 2.75) is 11.8 Å². The Morgan fingerprint density at radius 1 is 1.09 bits per heavy atom. The fourth-order valence-corrected chi connectivity index (χ4v) is 3.33. The van der Waals surface area contributed by atoms with E-state index in [-0.39, 0.29) is 11.5 Å². The van der Waals surface area contributed by atoms with E-state index in [2.05, 4.69) is 20.7 Å². The van der Waals surface area contributed by atoms with Crippen LogP contribution in [0, 0.1) is 12.7 Å². The number of hydrogen-bond acceptors (Lipinski definition) is 4. The number of benzene rings is 2. The maximum absolute atomic E-state index is 14.1. The molecule has 0 radical (unpaired) electrons. The molecule has 0 saturated heterocycles. The highest BCUT2D eigenvalue weighted by Crippen LogP contribution is 2.32. The first-order chi connectivity index (χ1) is 10.8. The second kappa shape index (κ2) is 6.76. The quantitative estimate of drug-likeness (QED) is 0.825. The molecule has 0 aliphatic heterocycles. The topological polar surface area (TPSA) is 64.6 Å². The molecule has 0 atom stereocenters. The largest absolute Gasteiger partial charge is 0.493 e. The van der Waals surface area contributed by atoms with E-state index in [4.69, 9.17) is 9.47 Å². The number of hydrogen-bond donors (Lipinski definition) is 1. The molecule has 1 N–H and O–H groups in total. The Labute approximate surface area is 142 Å². The van der Waals surface area contributed by atoms with Crippen LogP contribution in [0.3, 0.4) is 0 Å². The van der Waals surface area contributed by atoms with Crippen LogP contribution >= 0.6 is 15.9 Å². The molecule has 0 fully saturated rings. The lowest BCUT2D eigenvalue weighted by molar-refractivity contribution is 0.350. The van der Waals surface area contributed by atoms with Gasteiger partial charge in [-0.05, 0) is 30.7 Å². The van der Waals surface area contributed by atoms with Crippen molar-refractivity contribution in [2.75, 3.05) is 18.9 Å². The predicted octanol–water partition coefficient (Wildman–Crippen LogP) is 3.71. The highest BCUT2D eigenvalue weighted by atomic mass is 79.9.